The van der Waals surface area contributed by atoms with Crippen molar-refractivity contribution in [1.82, 2.24) is 5.32 Å². The average molecular weight is 214 g/mol. The minimum Gasteiger partial charge on any atom is -0.480 e. The molecule has 1 unspecified atom stereocenters. The number of carboxylic acids is 1. The second-order valence-electron chi connectivity index (χ2n) is 4.11. The summed E-state index contributed by atoms with van der Waals surface area (Å²) >= 11 is 0. The molecule has 86 valence electrons. The number of nitrogens with two attached hydrogens (primary N) is 1. The molecule has 1 aliphatic rings. The second kappa shape index (κ2) is 4.61. The highest BCUT2D eigenvalue weighted by Crippen LogP contribution is 2.40. The van der Waals surface area contributed by atoms with Crippen molar-refractivity contribution in [1.29, 1.82) is 0 Å². The maximum atomic E-state index is 11.8. The quantitative estimate of drug-likeness (QED) is 0.605. The lowest BCUT2D eigenvalue weighted by Crippen LogP contribution is -2.54. The topological polar surface area (TPSA) is 92.4 Å². The molecule has 0 aromatic rings. The van der Waals surface area contributed by atoms with Gasteiger partial charge in [-0.05, 0) is 19.3 Å². The highest BCUT2D eigenvalue weighted by molar-refractivity contribution is 5.88. The third kappa shape index (κ3) is 2.28. The van der Waals surface area contributed by atoms with E-state index in [0.717, 1.165) is 19.3 Å². The van der Waals surface area contributed by atoms with Crippen LogP contribution in [-0.2, 0) is 9.59 Å². The van der Waals surface area contributed by atoms with E-state index < -0.39 is 17.4 Å². The van der Waals surface area contributed by atoms with Crippen LogP contribution in [0.25, 0.3) is 0 Å². The van der Waals surface area contributed by atoms with E-state index in [1.807, 2.05) is 0 Å². The maximum absolute atomic E-state index is 11.8. The molecule has 1 saturated carbocycles. The van der Waals surface area contributed by atoms with Gasteiger partial charge in [-0.3, -0.25) is 4.79 Å². The molecule has 5 nitrogen and oxygen atoms in total. The van der Waals surface area contributed by atoms with Gasteiger partial charge < -0.3 is 16.2 Å². The Bertz CT molecular complexity index is 256. The fourth-order valence-corrected chi connectivity index (χ4v) is 1.78. The standard InChI is InChI=1S/C10H18N2O3/c1-2-7(8(13)14)12-9(15)10(6-11)4-3-5-10/h7H,2-6,11H2,1H3,(H,12,15)(H,13,14). The Balaban J connectivity index is 2.57. The maximum Gasteiger partial charge on any atom is 0.326 e. The summed E-state index contributed by atoms with van der Waals surface area (Å²) in [5.74, 6) is -1.19. The van der Waals surface area contributed by atoms with Crippen LogP contribution >= 0.6 is 0 Å². The Labute approximate surface area is 89.0 Å². The van der Waals surface area contributed by atoms with Crippen LogP contribution < -0.4 is 11.1 Å². The Kier molecular flexibility index (Phi) is 3.68. The first kappa shape index (κ1) is 12.0. The Morgan fingerprint density at radius 1 is 1.53 bits per heavy atom. The van der Waals surface area contributed by atoms with E-state index in [0.29, 0.717) is 13.0 Å². The van der Waals surface area contributed by atoms with Gasteiger partial charge >= 0.3 is 5.97 Å². The summed E-state index contributed by atoms with van der Waals surface area (Å²) in [6.07, 6.45) is 2.92. The number of hydrogen-bond acceptors (Lipinski definition) is 3. The third-order valence-corrected chi connectivity index (χ3v) is 3.19. The molecule has 1 rings (SSSR count). The van der Waals surface area contributed by atoms with Crippen molar-refractivity contribution in [3.63, 3.8) is 0 Å². The SMILES string of the molecule is CCC(NC(=O)C1(CN)CCC1)C(=O)O. The highest BCUT2D eigenvalue weighted by Gasteiger charge is 2.43. The highest BCUT2D eigenvalue weighted by atomic mass is 16.4. The molecule has 0 spiro atoms. The Morgan fingerprint density at radius 3 is 2.40 bits per heavy atom. The zero-order chi connectivity index (χ0) is 11.5. The number of hydrogen-bond donors (Lipinski definition) is 3. The molecule has 1 fully saturated rings. The molecule has 1 aliphatic carbocycles. The van der Waals surface area contributed by atoms with Gasteiger partial charge in [0, 0.05) is 6.54 Å². The van der Waals surface area contributed by atoms with Crippen LogP contribution in [0.4, 0.5) is 0 Å². The van der Waals surface area contributed by atoms with Gasteiger partial charge in [-0.2, -0.15) is 0 Å². The minimum absolute atomic E-state index is 0.203. The number of aliphatic carboxylic acids is 1. The van der Waals surface area contributed by atoms with Crippen molar-refractivity contribution in [2.24, 2.45) is 11.1 Å². The van der Waals surface area contributed by atoms with Crippen LogP contribution in [0.1, 0.15) is 32.6 Å². The normalized spacial score (nSPS) is 20.1. The molecule has 0 bridgehead atoms. The van der Waals surface area contributed by atoms with Gasteiger partial charge in [-0.1, -0.05) is 13.3 Å². The zero-order valence-corrected chi connectivity index (χ0v) is 8.95. The summed E-state index contributed by atoms with van der Waals surface area (Å²) in [5.41, 5.74) is 5.06. The van der Waals surface area contributed by atoms with Crippen molar-refractivity contribution < 1.29 is 14.7 Å². The molecule has 15 heavy (non-hydrogen) atoms. The van der Waals surface area contributed by atoms with E-state index in [-0.39, 0.29) is 5.91 Å². The first-order chi connectivity index (χ1) is 7.05. The van der Waals surface area contributed by atoms with E-state index in [2.05, 4.69) is 5.32 Å². The third-order valence-electron chi connectivity index (χ3n) is 3.19. The molecule has 0 radical (unpaired) electrons. The largest absolute Gasteiger partial charge is 0.480 e. The van der Waals surface area contributed by atoms with Crippen LogP contribution in [0.5, 0.6) is 0 Å². The number of carboxylic acid groups (broad SMARTS) is 1. The second-order valence-corrected chi connectivity index (χ2v) is 4.11. The Hall–Kier alpha value is -1.10. The monoisotopic (exact) mass is 214 g/mol. The molecule has 0 aliphatic heterocycles. The molecule has 0 heterocycles. The smallest absolute Gasteiger partial charge is 0.326 e. The molecule has 4 N–H and O–H groups in total. The van der Waals surface area contributed by atoms with Gasteiger partial charge in [0.05, 0.1) is 5.41 Å². The van der Waals surface area contributed by atoms with Crippen LogP contribution in [0.15, 0.2) is 0 Å². The Morgan fingerprint density at radius 2 is 2.13 bits per heavy atom. The first-order valence-electron chi connectivity index (χ1n) is 5.29. The fourth-order valence-electron chi connectivity index (χ4n) is 1.78. The summed E-state index contributed by atoms with van der Waals surface area (Å²) in [6.45, 7) is 2.03. The first-order valence-corrected chi connectivity index (χ1v) is 5.29. The van der Waals surface area contributed by atoms with Crippen LogP contribution in [0.3, 0.4) is 0 Å². The van der Waals surface area contributed by atoms with Gasteiger partial charge in [0.2, 0.25) is 5.91 Å². The predicted octanol–water partition coefficient (Wildman–Crippen LogP) is 0.0948. The molecule has 5 heteroatoms. The van der Waals surface area contributed by atoms with Gasteiger partial charge in [0.25, 0.3) is 0 Å². The lowest BCUT2D eigenvalue weighted by molar-refractivity contribution is -0.145. The van der Waals surface area contributed by atoms with E-state index in [4.69, 9.17) is 10.8 Å². The number of amides is 1. The molecular formula is C10H18N2O3. The zero-order valence-electron chi connectivity index (χ0n) is 8.95. The van der Waals surface area contributed by atoms with E-state index in [9.17, 15) is 9.59 Å². The predicted molar refractivity (Wildman–Crippen MR) is 55.2 cm³/mol. The van der Waals surface area contributed by atoms with Crippen LogP contribution in [-0.4, -0.2) is 29.6 Å². The van der Waals surface area contributed by atoms with Gasteiger partial charge in [-0.25, -0.2) is 4.79 Å². The summed E-state index contributed by atoms with van der Waals surface area (Å²) in [6, 6.07) is -0.790. The van der Waals surface area contributed by atoms with Crippen molar-refractivity contribution >= 4 is 11.9 Å². The summed E-state index contributed by atoms with van der Waals surface area (Å²) in [4.78, 5) is 22.5. The summed E-state index contributed by atoms with van der Waals surface area (Å²) < 4.78 is 0. The van der Waals surface area contributed by atoms with Crippen molar-refractivity contribution in [2.75, 3.05) is 6.54 Å². The van der Waals surface area contributed by atoms with Gasteiger partial charge in [0.1, 0.15) is 6.04 Å². The van der Waals surface area contributed by atoms with Crippen LogP contribution in [0, 0.1) is 5.41 Å². The number of carbonyl (C=O) groups is 2. The minimum atomic E-state index is -0.989. The molecule has 0 saturated heterocycles. The number of carbonyl (C=O) groups excluding carboxylic acids is 1. The molecule has 0 aromatic carbocycles. The van der Waals surface area contributed by atoms with E-state index in [1.54, 1.807) is 6.92 Å². The van der Waals surface area contributed by atoms with E-state index in [1.165, 1.54) is 0 Å². The molecule has 1 amide bonds. The van der Waals surface area contributed by atoms with Crippen LogP contribution in [0.2, 0.25) is 0 Å². The fraction of sp³-hybridized carbons (Fsp3) is 0.800. The van der Waals surface area contributed by atoms with Gasteiger partial charge in [0.15, 0.2) is 0 Å². The molecule has 1 atom stereocenters. The molecule has 0 aromatic heterocycles. The van der Waals surface area contributed by atoms with Crippen molar-refractivity contribution in [2.45, 2.75) is 38.6 Å². The summed E-state index contributed by atoms with van der Waals surface area (Å²) in [7, 11) is 0. The lowest BCUT2D eigenvalue weighted by Gasteiger charge is -2.39. The number of nitrogens with one attached hydrogen (secondary N) is 1. The lowest BCUT2D eigenvalue weighted by atomic mass is 9.68. The summed E-state index contributed by atoms with van der Waals surface area (Å²) in [5, 5.41) is 11.3. The van der Waals surface area contributed by atoms with Crippen molar-refractivity contribution in [3.8, 4) is 0 Å². The van der Waals surface area contributed by atoms with Crippen molar-refractivity contribution in [3.05, 3.63) is 0 Å². The average Bonchev–Trinajstić information content (AvgIpc) is 2.12. The molecular weight excluding hydrogens is 196 g/mol. The van der Waals surface area contributed by atoms with E-state index >= 15 is 0 Å². The van der Waals surface area contributed by atoms with Gasteiger partial charge in [-0.15, -0.1) is 0 Å². The number of rotatable bonds is 5.